The Morgan fingerprint density at radius 2 is 1.79 bits per heavy atom. The zero-order valence-electron chi connectivity index (χ0n) is 17.4. The summed E-state index contributed by atoms with van der Waals surface area (Å²) in [5.41, 5.74) is 4.39. The number of fused-ring (bicyclic) bond motifs is 1. The maximum Gasteiger partial charge on any atom is 0.243 e. The molecule has 3 aromatic rings. The molecular formula is C23H27N3O2S. The van der Waals surface area contributed by atoms with Gasteiger partial charge in [0.05, 0.1) is 4.90 Å². The molecule has 0 aliphatic carbocycles. The number of aromatic nitrogens is 2. The molecule has 0 N–H and O–H groups in total. The predicted molar refractivity (Wildman–Crippen MR) is 117 cm³/mol. The van der Waals surface area contributed by atoms with Gasteiger partial charge in [0.25, 0.3) is 0 Å². The molecule has 152 valence electrons. The van der Waals surface area contributed by atoms with Gasteiger partial charge < -0.3 is 4.57 Å². The van der Waals surface area contributed by atoms with Crippen LogP contribution in [0, 0.1) is 0 Å². The van der Waals surface area contributed by atoms with Crippen molar-refractivity contribution in [1.29, 1.82) is 0 Å². The summed E-state index contributed by atoms with van der Waals surface area (Å²) in [5.74, 6) is 0. The van der Waals surface area contributed by atoms with E-state index in [4.69, 9.17) is 0 Å². The van der Waals surface area contributed by atoms with Crippen molar-refractivity contribution in [3.05, 3.63) is 66.0 Å². The number of pyridine rings is 1. The van der Waals surface area contributed by atoms with Crippen LogP contribution in [0.4, 0.5) is 0 Å². The summed E-state index contributed by atoms with van der Waals surface area (Å²) in [6.07, 6.45) is 6.60. The summed E-state index contributed by atoms with van der Waals surface area (Å²) in [6.45, 7) is 7.23. The quantitative estimate of drug-likeness (QED) is 0.646. The molecule has 0 bridgehead atoms. The second kappa shape index (κ2) is 7.11. The summed E-state index contributed by atoms with van der Waals surface area (Å²) in [6, 6.07) is 11.3. The Morgan fingerprint density at radius 3 is 2.41 bits per heavy atom. The molecule has 1 aliphatic heterocycles. The van der Waals surface area contributed by atoms with Crippen LogP contribution in [-0.4, -0.2) is 35.4 Å². The van der Waals surface area contributed by atoms with Gasteiger partial charge in [-0.1, -0.05) is 39.0 Å². The molecule has 6 heteroatoms. The molecule has 0 unspecified atom stereocenters. The fraction of sp³-hybridized carbons (Fsp3) is 0.348. The van der Waals surface area contributed by atoms with Crippen molar-refractivity contribution in [2.75, 3.05) is 13.1 Å². The third kappa shape index (κ3) is 3.63. The van der Waals surface area contributed by atoms with Crippen LogP contribution in [-0.2, 0) is 22.5 Å². The van der Waals surface area contributed by atoms with E-state index in [0.717, 1.165) is 22.2 Å². The molecular weight excluding hydrogens is 382 g/mol. The molecule has 3 heterocycles. The SMILES string of the molecule is Cn1cc(C2=CCN(S(=O)(=O)c3ccc(C(C)(C)C)cc3)CC2)c2cccnc21. The van der Waals surface area contributed by atoms with Gasteiger partial charge in [0.1, 0.15) is 5.65 Å². The first-order chi connectivity index (χ1) is 13.7. The first-order valence-electron chi connectivity index (χ1n) is 9.88. The van der Waals surface area contributed by atoms with Crippen molar-refractivity contribution in [3.63, 3.8) is 0 Å². The highest BCUT2D eigenvalue weighted by atomic mass is 32.2. The van der Waals surface area contributed by atoms with Gasteiger partial charge in [-0.25, -0.2) is 13.4 Å². The summed E-state index contributed by atoms with van der Waals surface area (Å²) in [5, 5.41) is 1.11. The standard InChI is InChI=1S/C23H27N3O2S/c1-23(2,3)18-7-9-19(10-8-18)29(27,28)26-14-11-17(12-15-26)21-16-25(4)22-20(21)6-5-13-24-22/h5-11,13,16H,12,14-15H2,1-4H3. The third-order valence-electron chi connectivity index (χ3n) is 5.61. The zero-order valence-corrected chi connectivity index (χ0v) is 18.2. The first-order valence-corrected chi connectivity index (χ1v) is 11.3. The Labute approximate surface area is 172 Å². The number of hydrogen-bond donors (Lipinski definition) is 0. The number of sulfonamides is 1. The lowest BCUT2D eigenvalue weighted by Crippen LogP contribution is -2.34. The smallest absolute Gasteiger partial charge is 0.243 e. The minimum atomic E-state index is -3.50. The highest BCUT2D eigenvalue weighted by Gasteiger charge is 2.27. The highest BCUT2D eigenvalue weighted by Crippen LogP contribution is 2.31. The molecule has 0 atom stereocenters. The number of nitrogens with zero attached hydrogens (tertiary/aromatic N) is 3. The number of aryl methyl sites for hydroxylation is 1. The second-order valence-electron chi connectivity index (χ2n) is 8.65. The average Bonchev–Trinajstić information content (AvgIpc) is 3.04. The van der Waals surface area contributed by atoms with E-state index in [1.54, 1.807) is 22.6 Å². The summed E-state index contributed by atoms with van der Waals surface area (Å²) in [4.78, 5) is 4.80. The van der Waals surface area contributed by atoms with Crippen LogP contribution < -0.4 is 0 Å². The number of benzene rings is 1. The van der Waals surface area contributed by atoms with Crippen LogP contribution in [0.15, 0.2) is 59.8 Å². The van der Waals surface area contributed by atoms with Gasteiger partial charge >= 0.3 is 0 Å². The van der Waals surface area contributed by atoms with E-state index >= 15 is 0 Å². The van der Waals surface area contributed by atoms with Crippen LogP contribution in [0.5, 0.6) is 0 Å². The van der Waals surface area contributed by atoms with E-state index in [-0.39, 0.29) is 5.41 Å². The zero-order chi connectivity index (χ0) is 20.8. The Bertz CT molecular complexity index is 1180. The third-order valence-corrected chi connectivity index (χ3v) is 7.49. The van der Waals surface area contributed by atoms with Crippen molar-refractivity contribution in [2.24, 2.45) is 7.05 Å². The maximum atomic E-state index is 13.1. The molecule has 0 saturated carbocycles. The summed E-state index contributed by atoms with van der Waals surface area (Å²) < 4.78 is 29.8. The molecule has 0 radical (unpaired) electrons. The van der Waals surface area contributed by atoms with E-state index in [1.807, 2.05) is 35.9 Å². The van der Waals surface area contributed by atoms with Gasteiger partial charge in [-0.2, -0.15) is 4.31 Å². The lowest BCUT2D eigenvalue weighted by atomic mass is 9.87. The normalized spacial score (nSPS) is 16.2. The fourth-order valence-corrected chi connectivity index (χ4v) is 5.24. The van der Waals surface area contributed by atoms with Gasteiger partial charge in [0.15, 0.2) is 0 Å². The number of hydrogen-bond acceptors (Lipinski definition) is 3. The molecule has 5 nitrogen and oxygen atoms in total. The molecule has 0 spiro atoms. The Balaban J connectivity index is 1.59. The molecule has 4 rings (SSSR count). The Morgan fingerprint density at radius 1 is 1.07 bits per heavy atom. The van der Waals surface area contributed by atoms with Gasteiger partial charge in [-0.05, 0) is 47.2 Å². The lowest BCUT2D eigenvalue weighted by Gasteiger charge is -2.26. The topological polar surface area (TPSA) is 55.2 Å². The average molecular weight is 410 g/mol. The van der Waals surface area contributed by atoms with Crippen molar-refractivity contribution >= 4 is 26.6 Å². The van der Waals surface area contributed by atoms with Crippen LogP contribution in [0.25, 0.3) is 16.6 Å². The monoisotopic (exact) mass is 409 g/mol. The minimum Gasteiger partial charge on any atom is -0.335 e. The highest BCUT2D eigenvalue weighted by molar-refractivity contribution is 7.89. The van der Waals surface area contributed by atoms with Gasteiger partial charge in [-0.15, -0.1) is 0 Å². The molecule has 1 aliphatic rings. The van der Waals surface area contributed by atoms with Crippen molar-refractivity contribution in [2.45, 2.75) is 37.5 Å². The van der Waals surface area contributed by atoms with Crippen molar-refractivity contribution in [1.82, 2.24) is 13.9 Å². The van der Waals surface area contributed by atoms with Crippen LogP contribution in [0.2, 0.25) is 0 Å². The number of rotatable bonds is 3. The largest absolute Gasteiger partial charge is 0.335 e. The first kappa shape index (κ1) is 19.9. The summed E-state index contributed by atoms with van der Waals surface area (Å²) in [7, 11) is -1.51. The van der Waals surface area contributed by atoms with E-state index in [0.29, 0.717) is 24.4 Å². The van der Waals surface area contributed by atoms with Crippen LogP contribution >= 0.6 is 0 Å². The van der Waals surface area contributed by atoms with Crippen LogP contribution in [0.3, 0.4) is 0 Å². The van der Waals surface area contributed by atoms with Gasteiger partial charge in [0.2, 0.25) is 10.0 Å². The minimum absolute atomic E-state index is 0.00162. The molecule has 0 saturated heterocycles. The van der Waals surface area contributed by atoms with E-state index in [1.165, 1.54) is 5.57 Å². The van der Waals surface area contributed by atoms with E-state index < -0.39 is 10.0 Å². The van der Waals surface area contributed by atoms with Crippen molar-refractivity contribution < 1.29 is 8.42 Å². The Kier molecular flexibility index (Phi) is 4.87. The molecule has 0 amide bonds. The summed E-state index contributed by atoms with van der Waals surface area (Å²) >= 11 is 0. The molecule has 0 fully saturated rings. The predicted octanol–water partition coefficient (Wildman–Crippen LogP) is 4.35. The van der Waals surface area contributed by atoms with Crippen LogP contribution in [0.1, 0.15) is 38.3 Å². The molecule has 1 aromatic carbocycles. The Hall–Kier alpha value is -2.44. The van der Waals surface area contributed by atoms with Gasteiger partial charge in [0, 0.05) is 43.5 Å². The lowest BCUT2D eigenvalue weighted by molar-refractivity contribution is 0.441. The van der Waals surface area contributed by atoms with E-state index in [2.05, 4.69) is 38.0 Å². The van der Waals surface area contributed by atoms with Gasteiger partial charge in [-0.3, -0.25) is 0 Å². The fourth-order valence-electron chi connectivity index (χ4n) is 3.86. The molecule has 2 aromatic heterocycles. The second-order valence-corrected chi connectivity index (χ2v) is 10.6. The molecule has 29 heavy (non-hydrogen) atoms. The van der Waals surface area contributed by atoms with E-state index in [9.17, 15) is 8.42 Å². The van der Waals surface area contributed by atoms with Crippen molar-refractivity contribution in [3.8, 4) is 0 Å². The maximum absolute atomic E-state index is 13.1.